The van der Waals surface area contributed by atoms with Crippen LogP contribution in [0.2, 0.25) is 10.0 Å². The summed E-state index contributed by atoms with van der Waals surface area (Å²) in [6, 6.07) is 19.8. The van der Waals surface area contributed by atoms with E-state index in [1.54, 1.807) is 23.1 Å². The number of carbonyl (C=O) groups is 2. The van der Waals surface area contributed by atoms with Crippen molar-refractivity contribution in [2.24, 2.45) is 0 Å². The second-order valence-electron chi connectivity index (χ2n) is 10.2. The highest BCUT2D eigenvalue weighted by Crippen LogP contribution is 2.25. The lowest BCUT2D eigenvalue weighted by Gasteiger charge is -2.33. The Labute approximate surface area is 229 Å². The lowest BCUT2D eigenvalue weighted by atomic mass is 10.0. The van der Waals surface area contributed by atoms with Crippen molar-refractivity contribution >= 4 is 35.0 Å². The number of hydrogen-bond donors (Lipinski definition) is 1. The van der Waals surface area contributed by atoms with E-state index in [4.69, 9.17) is 27.9 Å². The number of amides is 2. The Morgan fingerprint density at radius 3 is 2.22 bits per heavy atom. The van der Waals surface area contributed by atoms with Gasteiger partial charge in [0, 0.05) is 18.5 Å². The first-order valence-electron chi connectivity index (χ1n) is 12.2. The number of benzene rings is 3. The van der Waals surface area contributed by atoms with Crippen LogP contribution in [0.4, 0.5) is 0 Å². The number of carbonyl (C=O) groups excluding carboxylic acids is 2. The summed E-state index contributed by atoms with van der Waals surface area (Å²) in [7, 11) is 0. The van der Waals surface area contributed by atoms with Crippen LogP contribution in [0, 0.1) is 13.8 Å². The fourth-order valence-corrected chi connectivity index (χ4v) is 4.19. The zero-order valence-electron chi connectivity index (χ0n) is 22.0. The number of hydrogen-bond acceptors (Lipinski definition) is 3. The van der Waals surface area contributed by atoms with Gasteiger partial charge in [0.25, 0.3) is 5.91 Å². The molecule has 0 aliphatic rings. The molecule has 1 unspecified atom stereocenters. The Kier molecular flexibility index (Phi) is 9.63. The average molecular weight is 542 g/mol. The molecule has 0 aromatic heterocycles. The third kappa shape index (κ3) is 8.51. The Bertz CT molecular complexity index is 1240. The van der Waals surface area contributed by atoms with E-state index in [0.29, 0.717) is 22.2 Å². The second-order valence-corrected chi connectivity index (χ2v) is 11.1. The van der Waals surface area contributed by atoms with Crippen LogP contribution in [0.5, 0.6) is 5.75 Å². The van der Waals surface area contributed by atoms with Crippen molar-refractivity contribution in [3.05, 3.63) is 99.0 Å². The molecule has 0 saturated carbocycles. The standard InChI is InChI=1S/C30H34Cl2N2O3/c1-20-11-13-24(15-21(20)2)37-19-28(35)34(18-23-12-14-25(31)26(32)16-23)27(29(36)33-30(3,4)5)17-22-9-7-6-8-10-22/h6-16,27H,17-19H2,1-5H3,(H,33,36). The van der Waals surface area contributed by atoms with Gasteiger partial charge in [0.05, 0.1) is 10.0 Å². The Morgan fingerprint density at radius 2 is 1.59 bits per heavy atom. The van der Waals surface area contributed by atoms with Crippen molar-refractivity contribution in [1.29, 1.82) is 0 Å². The van der Waals surface area contributed by atoms with Crippen LogP contribution in [-0.4, -0.2) is 34.9 Å². The molecule has 3 aromatic rings. The van der Waals surface area contributed by atoms with Gasteiger partial charge in [-0.2, -0.15) is 0 Å². The summed E-state index contributed by atoms with van der Waals surface area (Å²) >= 11 is 12.4. The van der Waals surface area contributed by atoms with E-state index in [1.165, 1.54) is 0 Å². The highest BCUT2D eigenvalue weighted by Gasteiger charge is 2.32. The number of ether oxygens (including phenoxy) is 1. The lowest BCUT2D eigenvalue weighted by Crippen LogP contribution is -2.55. The number of aryl methyl sites for hydroxylation is 2. The SMILES string of the molecule is Cc1ccc(OCC(=O)N(Cc2ccc(Cl)c(Cl)c2)C(Cc2ccccc2)C(=O)NC(C)(C)C)cc1C. The molecule has 5 nitrogen and oxygen atoms in total. The van der Waals surface area contributed by atoms with Crippen LogP contribution in [0.15, 0.2) is 66.7 Å². The molecule has 1 atom stereocenters. The number of nitrogens with zero attached hydrogens (tertiary/aromatic N) is 1. The van der Waals surface area contributed by atoms with Gasteiger partial charge < -0.3 is 15.0 Å². The maximum absolute atomic E-state index is 13.7. The highest BCUT2D eigenvalue weighted by molar-refractivity contribution is 6.42. The van der Waals surface area contributed by atoms with Crippen LogP contribution in [0.25, 0.3) is 0 Å². The van der Waals surface area contributed by atoms with Crippen molar-refractivity contribution in [3.63, 3.8) is 0 Å². The molecule has 0 saturated heterocycles. The van der Waals surface area contributed by atoms with Gasteiger partial charge in [-0.3, -0.25) is 9.59 Å². The van der Waals surface area contributed by atoms with E-state index >= 15 is 0 Å². The summed E-state index contributed by atoms with van der Waals surface area (Å²) in [5.41, 5.74) is 3.44. The molecule has 0 radical (unpaired) electrons. The molecule has 0 aliphatic carbocycles. The molecule has 0 aliphatic heterocycles. The van der Waals surface area contributed by atoms with Crippen molar-refractivity contribution in [3.8, 4) is 5.75 Å². The van der Waals surface area contributed by atoms with Crippen molar-refractivity contribution < 1.29 is 14.3 Å². The summed E-state index contributed by atoms with van der Waals surface area (Å²) in [4.78, 5) is 28.8. The van der Waals surface area contributed by atoms with E-state index in [2.05, 4.69) is 5.32 Å². The number of rotatable bonds is 9. The predicted octanol–water partition coefficient (Wildman–Crippen LogP) is 6.54. The summed E-state index contributed by atoms with van der Waals surface area (Å²) < 4.78 is 5.88. The monoisotopic (exact) mass is 540 g/mol. The van der Waals surface area contributed by atoms with E-state index in [9.17, 15) is 9.59 Å². The van der Waals surface area contributed by atoms with Gasteiger partial charge in [-0.15, -0.1) is 0 Å². The third-order valence-electron chi connectivity index (χ3n) is 5.95. The average Bonchev–Trinajstić information content (AvgIpc) is 2.83. The van der Waals surface area contributed by atoms with Crippen LogP contribution >= 0.6 is 23.2 Å². The Balaban J connectivity index is 1.95. The van der Waals surface area contributed by atoms with E-state index in [-0.39, 0.29) is 25.0 Å². The molecule has 3 rings (SSSR count). The van der Waals surface area contributed by atoms with Gasteiger partial charge in [-0.25, -0.2) is 0 Å². The molecule has 37 heavy (non-hydrogen) atoms. The quantitative estimate of drug-likeness (QED) is 0.335. The van der Waals surface area contributed by atoms with Gasteiger partial charge in [-0.05, 0) is 81.1 Å². The number of halogens is 2. The third-order valence-corrected chi connectivity index (χ3v) is 6.69. The van der Waals surface area contributed by atoms with E-state index < -0.39 is 11.6 Å². The fourth-order valence-electron chi connectivity index (χ4n) is 3.87. The molecule has 0 fully saturated rings. The topological polar surface area (TPSA) is 58.6 Å². The maximum atomic E-state index is 13.7. The minimum absolute atomic E-state index is 0.168. The lowest BCUT2D eigenvalue weighted by molar-refractivity contribution is -0.143. The molecular weight excluding hydrogens is 507 g/mol. The summed E-state index contributed by atoms with van der Waals surface area (Å²) in [6.07, 6.45) is 0.347. The Hall–Kier alpha value is -3.02. The van der Waals surface area contributed by atoms with Crippen LogP contribution in [0.1, 0.15) is 43.0 Å². The van der Waals surface area contributed by atoms with Gasteiger partial charge in [0.15, 0.2) is 6.61 Å². The summed E-state index contributed by atoms with van der Waals surface area (Å²) in [5.74, 6) is 0.0509. The zero-order chi connectivity index (χ0) is 27.2. The van der Waals surface area contributed by atoms with Gasteiger partial charge in [-0.1, -0.05) is 65.7 Å². The molecule has 0 heterocycles. The van der Waals surface area contributed by atoms with Gasteiger partial charge >= 0.3 is 0 Å². The largest absolute Gasteiger partial charge is 0.484 e. The first kappa shape index (κ1) is 28.5. The molecule has 0 bridgehead atoms. The smallest absolute Gasteiger partial charge is 0.261 e. The molecular formula is C30H34Cl2N2O3. The van der Waals surface area contributed by atoms with Crippen LogP contribution < -0.4 is 10.1 Å². The van der Waals surface area contributed by atoms with Gasteiger partial charge in [0.1, 0.15) is 11.8 Å². The zero-order valence-corrected chi connectivity index (χ0v) is 23.5. The molecule has 7 heteroatoms. The molecule has 3 aromatic carbocycles. The van der Waals surface area contributed by atoms with Crippen molar-refractivity contribution in [2.75, 3.05) is 6.61 Å². The van der Waals surface area contributed by atoms with Crippen LogP contribution in [0.3, 0.4) is 0 Å². The van der Waals surface area contributed by atoms with Gasteiger partial charge in [0.2, 0.25) is 5.91 Å². The second kappa shape index (κ2) is 12.5. The first-order chi connectivity index (χ1) is 17.4. The first-order valence-corrected chi connectivity index (χ1v) is 13.0. The molecule has 196 valence electrons. The molecule has 0 spiro atoms. The number of nitrogens with one attached hydrogen (secondary N) is 1. The summed E-state index contributed by atoms with van der Waals surface area (Å²) in [5, 5.41) is 3.86. The minimum atomic E-state index is -0.771. The predicted molar refractivity (Wildman–Crippen MR) is 150 cm³/mol. The van der Waals surface area contributed by atoms with E-state index in [1.807, 2.05) is 83.1 Å². The fraction of sp³-hybridized carbons (Fsp3) is 0.333. The maximum Gasteiger partial charge on any atom is 0.261 e. The summed E-state index contributed by atoms with van der Waals surface area (Å²) in [6.45, 7) is 9.72. The minimum Gasteiger partial charge on any atom is -0.484 e. The van der Waals surface area contributed by atoms with Crippen molar-refractivity contribution in [1.82, 2.24) is 10.2 Å². The van der Waals surface area contributed by atoms with Crippen molar-refractivity contribution in [2.45, 2.75) is 59.2 Å². The highest BCUT2D eigenvalue weighted by atomic mass is 35.5. The van der Waals surface area contributed by atoms with Crippen LogP contribution in [-0.2, 0) is 22.6 Å². The normalized spacial score (nSPS) is 12.1. The Morgan fingerprint density at radius 1 is 0.892 bits per heavy atom. The van der Waals surface area contributed by atoms with E-state index in [0.717, 1.165) is 22.3 Å². The molecule has 1 N–H and O–H groups in total. The molecule has 2 amide bonds.